The number of carboxylic acids is 3. The minimum Gasteiger partial charge on any atom is -1.00 e. The molecule has 3 N–H and O–H groups in total. The summed E-state index contributed by atoms with van der Waals surface area (Å²) in [4.78, 5) is 49.1. The van der Waals surface area contributed by atoms with E-state index in [0.717, 1.165) is 6.42 Å². The minimum atomic E-state index is -0.956. The van der Waals surface area contributed by atoms with E-state index in [1.807, 2.05) is 20.8 Å². The van der Waals surface area contributed by atoms with Gasteiger partial charge in [-0.1, -0.05) is 48.0 Å². The maximum absolute atomic E-state index is 9.93. The van der Waals surface area contributed by atoms with Crippen LogP contribution in [-0.4, -0.2) is 122 Å². The largest absolute Gasteiger partial charge is 2.00 e. The van der Waals surface area contributed by atoms with E-state index in [1.165, 1.54) is 0 Å². The second-order valence-corrected chi connectivity index (χ2v) is 5.19. The molecule has 0 saturated carbocycles. The first-order chi connectivity index (χ1) is 12.9. The van der Waals surface area contributed by atoms with Crippen LogP contribution in [0.4, 0.5) is 0 Å². The molecule has 0 saturated heterocycles. The van der Waals surface area contributed by atoms with E-state index >= 15 is 0 Å². The summed E-state index contributed by atoms with van der Waals surface area (Å²) in [7, 11) is 0. The molecule has 0 aromatic carbocycles. The molecule has 0 radical (unpaired) electrons. The average Bonchev–Trinajstić information content (AvgIpc) is 2.67. The molecule has 3 unspecified atom stereocenters. The Morgan fingerprint density at radius 2 is 1.06 bits per heavy atom. The molecule has 0 aliphatic rings. The van der Waals surface area contributed by atoms with Crippen LogP contribution in [0.3, 0.4) is 0 Å². The van der Waals surface area contributed by atoms with Gasteiger partial charge in [-0.3, -0.25) is 9.59 Å². The van der Waals surface area contributed by atoms with Crippen molar-refractivity contribution in [2.75, 3.05) is 0 Å². The minimum absolute atomic E-state index is 0. The standard InChI is InChI=1S/3C5H10O2.CH2O3.CHO2.2Ca.3Na.H2O.3H/c3*1-3-4(2)5(6)7;2-1-4-3;2-1-3;;;;;;;;;/h3*4H,3H2,1-2H3,(H,6,7);1,3H;(H,2,3);;;;;;1H2;;;/q;;;;-1;2*+2;3*+1;;3*-1/p-4. The molecule has 3 atom stereocenters. The van der Waals surface area contributed by atoms with Gasteiger partial charge in [-0.25, -0.2) is 0 Å². The van der Waals surface area contributed by atoms with E-state index < -0.39 is 17.9 Å². The zero-order valence-electron chi connectivity index (χ0n) is 24.9. The molecule has 0 spiro atoms. The Morgan fingerprint density at radius 1 is 0.882 bits per heavy atom. The van der Waals surface area contributed by atoms with E-state index in [1.54, 1.807) is 20.8 Å². The Hall–Kier alpha value is 2.79. The summed E-state index contributed by atoms with van der Waals surface area (Å²) in [6, 6.07) is 0. The smallest absolute Gasteiger partial charge is 1.00 e. The van der Waals surface area contributed by atoms with Gasteiger partial charge in [-0.2, -0.15) is 0 Å². The fourth-order valence-corrected chi connectivity index (χ4v) is 0.508. The van der Waals surface area contributed by atoms with Gasteiger partial charge in [0.05, 0.1) is 5.92 Å². The molecule has 0 aliphatic carbocycles. The molecular weight excluding hydrogens is 545 g/mol. The summed E-state index contributed by atoms with van der Waals surface area (Å²) >= 11 is 0. The van der Waals surface area contributed by atoms with E-state index in [0.29, 0.717) is 19.3 Å². The molecule has 182 valence electrons. The number of hydrogen-bond donors (Lipinski definition) is 2. The summed E-state index contributed by atoms with van der Waals surface area (Å²) in [6.45, 7) is 10.8. The van der Waals surface area contributed by atoms with Crippen molar-refractivity contribution in [3.63, 3.8) is 0 Å². The molecule has 0 aromatic heterocycles. The number of aliphatic carboxylic acids is 3. The summed E-state index contributed by atoms with van der Waals surface area (Å²) < 4.78 is 0. The number of carboxylic acid groups (broad SMARTS) is 3. The third kappa shape index (κ3) is 83.7. The van der Waals surface area contributed by atoms with Crippen LogP contribution in [-0.2, 0) is 28.9 Å². The van der Waals surface area contributed by atoms with Crippen molar-refractivity contribution in [3.8, 4) is 0 Å². The van der Waals surface area contributed by atoms with Crippen LogP contribution in [0.25, 0.3) is 0 Å². The van der Waals surface area contributed by atoms with E-state index in [-0.39, 0.29) is 198 Å². The van der Waals surface area contributed by atoms with Gasteiger partial charge in [-0.05, 0) is 31.1 Å². The first-order valence-electron chi connectivity index (χ1n) is 8.25. The molecule has 0 bridgehead atoms. The average molecular weight is 580 g/mol. The van der Waals surface area contributed by atoms with Gasteiger partial charge >= 0.3 is 170 Å². The van der Waals surface area contributed by atoms with E-state index in [2.05, 4.69) is 4.89 Å². The van der Waals surface area contributed by atoms with Crippen molar-refractivity contribution in [2.24, 2.45) is 17.8 Å². The molecule has 0 fully saturated rings. The zero-order chi connectivity index (χ0) is 23.7. The second-order valence-electron chi connectivity index (χ2n) is 5.19. The van der Waals surface area contributed by atoms with Crippen LogP contribution in [0.15, 0.2) is 0 Å². The van der Waals surface area contributed by atoms with Crippen molar-refractivity contribution in [1.82, 2.24) is 0 Å². The Labute approximate surface area is 332 Å². The van der Waals surface area contributed by atoms with Crippen LogP contribution in [0, 0.1) is 17.8 Å². The molecule has 12 nitrogen and oxygen atoms in total. The predicted molar refractivity (Wildman–Crippen MR) is 108 cm³/mol. The fraction of sp³-hybridized carbons (Fsp3) is 0.706. The molecule has 0 amide bonds. The molecular formula is C17H34Ca2Na3O12-. The molecule has 34 heavy (non-hydrogen) atoms. The summed E-state index contributed by atoms with van der Waals surface area (Å²) in [5.41, 5.74) is 0. The van der Waals surface area contributed by atoms with E-state index in [4.69, 9.17) is 25.1 Å². The third-order valence-electron chi connectivity index (χ3n) is 3.10. The van der Waals surface area contributed by atoms with Crippen LogP contribution >= 0.6 is 0 Å². The molecule has 0 aliphatic heterocycles. The van der Waals surface area contributed by atoms with Crippen molar-refractivity contribution in [2.45, 2.75) is 60.8 Å². The molecule has 17 heteroatoms. The normalized spacial score (nSPS) is 9.26. The predicted octanol–water partition coefficient (Wildman–Crippen LogP) is -10.9. The Kier molecular flexibility index (Phi) is 126. The first kappa shape index (κ1) is 70.9. The van der Waals surface area contributed by atoms with Gasteiger partial charge in [0.2, 0.25) is 0 Å². The van der Waals surface area contributed by atoms with Gasteiger partial charge in [0, 0.05) is 11.9 Å². The summed E-state index contributed by atoms with van der Waals surface area (Å²) in [6.07, 6.45) is 2.03. The van der Waals surface area contributed by atoms with Gasteiger partial charge in [-0.15, -0.1) is 0 Å². The molecule has 0 rings (SSSR count). The maximum Gasteiger partial charge on any atom is 2.00 e. The van der Waals surface area contributed by atoms with Crippen molar-refractivity contribution < 1.29 is 153 Å². The second kappa shape index (κ2) is 60.4. The SMILES string of the molecule is CCC(C)C(=O)O.CCC(C)C(=O)[O-].CCC(C)C(=O)[O-].O=CO[O-].O=[C-]O.[Ca+2].[Ca+2].[H-].[H-].[H-].[Na+].[Na+].[Na+].[OH-]. The number of carbonyl (C=O) groups excluding carboxylic acids is 3. The summed E-state index contributed by atoms with van der Waals surface area (Å²) in [5, 5.41) is 43.0. The van der Waals surface area contributed by atoms with E-state index in [9.17, 15) is 24.6 Å². The van der Waals surface area contributed by atoms with Crippen LogP contribution in [0.5, 0.6) is 0 Å². The molecule has 0 heterocycles. The van der Waals surface area contributed by atoms with Gasteiger partial charge in [0.1, 0.15) is 0 Å². The summed E-state index contributed by atoms with van der Waals surface area (Å²) in [5.74, 6) is -3.38. The first-order valence-corrected chi connectivity index (χ1v) is 8.25. The zero-order valence-corrected chi connectivity index (χ0v) is 32.3. The number of carbonyl (C=O) groups is 4. The maximum atomic E-state index is 9.93. The molecule has 0 aromatic rings. The van der Waals surface area contributed by atoms with Crippen LogP contribution in [0.2, 0.25) is 0 Å². The Balaban J connectivity index is -0.0000000144. The van der Waals surface area contributed by atoms with Crippen molar-refractivity contribution in [1.29, 1.82) is 0 Å². The van der Waals surface area contributed by atoms with Gasteiger partial charge in [0.15, 0.2) is 0 Å². The number of aliphatic hydroxyl groups excluding tert-OH is 1. The van der Waals surface area contributed by atoms with Crippen molar-refractivity contribution in [3.05, 3.63) is 0 Å². The van der Waals surface area contributed by atoms with Crippen LogP contribution in [0.1, 0.15) is 65.1 Å². The third-order valence-corrected chi connectivity index (χ3v) is 3.10. The van der Waals surface area contributed by atoms with Gasteiger partial charge < -0.3 is 54.7 Å². The Morgan fingerprint density at radius 3 is 1.06 bits per heavy atom. The monoisotopic (exact) mass is 579 g/mol. The van der Waals surface area contributed by atoms with Gasteiger partial charge in [0.25, 0.3) is 6.47 Å². The Bertz CT molecular complexity index is 391. The van der Waals surface area contributed by atoms with Crippen molar-refractivity contribution >= 4 is 106 Å². The van der Waals surface area contributed by atoms with Crippen LogP contribution < -0.4 is 104 Å². The fourth-order valence-electron chi connectivity index (χ4n) is 0.508. The topological polar surface area (TPSA) is 234 Å². The number of hydrogen-bond acceptors (Lipinski definition) is 10. The quantitative estimate of drug-likeness (QED) is 0.0940. The number of rotatable bonds is 7.